The number of amides is 1. The van der Waals surface area contributed by atoms with E-state index in [2.05, 4.69) is 22.1 Å². The highest BCUT2D eigenvalue weighted by Gasteiger charge is 2.26. The SMILES string of the molecule is CC(C(=O)NN)C(C)N1CCCN(CCO)CC1. The van der Waals surface area contributed by atoms with E-state index in [1.807, 2.05) is 6.92 Å². The molecule has 1 aliphatic rings. The van der Waals surface area contributed by atoms with Crippen molar-refractivity contribution in [3.63, 3.8) is 0 Å². The monoisotopic (exact) mass is 258 g/mol. The first-order valence-corrected chi connectivity index (χ1v) is 6.68. The Balaban J connectivity index is 2.49. The average molecular weight is 258 g/mol. The maximum absolute atomic E-state index is 11.5. The van der Waals surface area contributed by atoms with Gasteiger partial charge in [-0.25, -0.2) is 5.84 Å². The summed E-state index contributed by atoms with van der Waals surface area (Å²) in [6.07, 6.45) is 1.07. The molecule has 0 spiro atoms. The number of β-amino-alcohol motifs (C(OH)–C–C–N with tert-alkyl or cyclic N) is 1. The van der Waals surface area contributed by atoms with Crippen LogP contribution in [-0.4, -0.2) is 66.2 Å². The Kier molecular flexibility index (Phi) is 6.56. The van der Waals surface area contributed by atoms with Gasteiger partial charge >= 0.3 is 0 Å². The Morgan fingerprint density at radius 2 is 2.06 bits per heavy atom. The van der Waals surface area contributed by atoms with Gasteiger partial charge in [0.05, 0.1) is 12.5 Å². The van der Waals surface area contributed by atoms with E-state index >= 15 is 0 Å². The second-order valence-electron chi connectivity index (χ2n) is 4.99. The predicted molar refractivity (Wildman–Crippen MR) is 70.7 cm³/mol. The largest absolute Gasteiger partial charge is 0.395 e. The summed E-state index contributed by atoms with van der Waals surface area (Å²) in [6.45, 7) is 8.81. The molecule has 106 valence electrons. The standard InChI is InChI=1S/C12H26N4O2/c1-10(12(18)14-13)11(2)16-5-3-4-15(6-7-16)8-9-17/h10-11,17H,3-9,13H2,1-2H3,(H,14,18). The number of hydrogen-bond donors (Lipinski definition) is 3. The van der Waals surface area contributed by atoms with Gasteiger partial charge < -0.3 is 5.11 Å². The summed E-state index contributed by atoms with van der Waals surface area (Å²) < 4.78 is 0. The van der Waals surface area contributed by atoms with E-state index in [0.29, 0.717) is 0 Å². The van der Waals surface area contributed by atoms with Crippen molar-refractivity contribution < 1.29 is 9.90 Å². The summed E-state index contributed by atoms with van der Waals surface area (Å²) in [5, 5.41) is 8.96. The van der Waals surface area contributed by atoms with Crippen LogP contribution in [0.25, 0.3) is 0 Å². The van der Waals surface area contributed by atoms with Crippen LogP contribution in [0.5, 0.6) is 0 Å². The third-order valence-corrected chi connectivity index (χ3v) is 3.89. The van der Waals surface area contributed by atoms with E-state index in [4.69, 9.17) is 10.9 Å². The van der Waals surface area contributed by atoms with E-state index in [1.54, 1.807) is 0 Å². The first kappa shape index (κ1) is 15.4. The Morgan fingerprint density at radius 1 is 1.33 bits per heavy atom. The van der Waals surface area contributed by atoms with Gasteiger partial charge in [-0.2, -0.15) is 0 Å². The van der Waals surface area contributed by atoms with Gasteiger partial charge in [-0.15, -0.1) is 0 Å². The molecule has 1 amide bonds. The molecule has 1 fully saturated rings. The van der Waals surface area contributed by atoms with Crippen LogP contribution in [0, 0.1) is 5.92 Å². The fourth-order valence-corrected chi connectivity index (χ4v) is 2.43. The fraction of sp³-hybridized carbons (Fsp3) is 0.917. The first-order valence-electron chi connectivity index (χ1n) is 6.68. The number of hydrogen-bond acceptors (Lipinski definition) is 5. The van der Waals surface area contributed by atoms with Crippen molar-refractivity contribution in [2.75, 3.05) is 39.3 Å². The van der Waals surface area contributed by atoms with Gasteiger partial charge in [-0.3, -0.25) is 20.0 Å². The number of carbonyl (C=O) groups excluding carboxylic acids is 1. The molecule has 0 saturated carbocycles. The minimum atomic E-state index is -0.112. The summed E-state index contributed by atoms with van der Waals surface area (Å²) in [5.41, 5.74) is 2.22. The molecule has 1 rings (SSSR count). The van der Waals surface area contributed by atoms with Gasteiger partial charge in [0.2, 0.25) is 5.91 Å². The van der Waals surface area contributed by atoms with Crippen LogP contribution < -0.4 is 11.3 Å². The Bertz CT molecular complexity index is 262. The maximum Gasteiger partial charge on any atom is 0.238 e. The molecule has 2 atom stereocenters. The zero-order valence-electron chi connectivity index (χ0n) is 11.4. The lowest BCUT2D eigenvalue weighted by Gasteiger charge is -2.31. The Hall–Kier alpha value is -0.690. The molecule has 6 nitrogen and oxygen atoms in total. The number of hydrazine groups is 1. The lowest BCUT2D eigenvalue weighted by Crippen LogP contribution is -2.47. The van der Waals surface area contributed by atoms with Gasteiger partial charge in [0, 0.05) is 25.7 Å². The molecule has 2 unspecified atom stereocenters. The molecule has 0 aromatic carbocycles. The first-order chi connectivity index (χ1) is 8.60. The van der Waals surface area contributed by atoms with Crippen molar-refractivity contribution in [1.29, 1.82) is 0 Å². The van der Waals surface area contributed by atoms with Crippen molar-refractivity contribution in [2.24, 2.45) is 11.8 Å². The number of aliphatic hydroxyl groups is 1. The summed E-state index contributed by atoms with van der Waals surface area (Å²) in [6, 6.07) is 0.183. The molecule has 1 heterocycles. The average Bonchev–Trinajstić information content (AvgIpc) is 2.62. The molecule has 6 heteroatoms. The molecule has 4 N–H and O–H groups in total. The zero-order chi connectivity index (χ0) is 13.5. The van der Waals surface area contributed by atoms with Gasteiger partial charge in [0.25, 0.3) is 0 Å². The molecule has 0 aliphatic carbocycles. The third kappa shape index (κ3) is 4.20. The summed E-state index contributed by atoms with van der Waals surface area (Å²) in [4.78, 5) is 16.1. The van der Waals surface area contributed by atoms with Crippen molar-refractivity contribution in [3.05, 3.63) is 0 Å². The van der Waals surface area contributed by atoms with Gasteiger partial charge in [-0.1, -0.05) is 6.92 Å². The molecular formula is C12H26N4O2. The van der Waals surface area contributed by atoms with E-state index in [9.17, 15) is 4.79 Å². The van der Waals surface area contributed by atoms with E-state index in [0.717, 1.165) is 39.1 Å². The van der Waals surface area contributed by atoms with Crippen LogP contribution >= 0.6 is 0 Å². The third-order valence-electron chi connectivity index (χ3n) is 3.89. The molecule has 1 saturated heterocycles. The topological polar surface area (TPSA) is 81.8 Å². The van der Waals surface area contributed by atoms with Gasteiger partial charge in [0.15, 0.2) is 0 Å². The van der Waals surface area contributed by atoms with Crippen LogP contribution in [0.4, 0.5) is 0 Å². The lowest BCUT2D eigenvalue weighted by atomic mass is 10.0. The van der Waals surface area contributed by atoms with Crippen molar-refractivity contribution >= 4 is 5.91 Å². The molecule has 0 aromatic rings. The molecule has 0 aromatic heterocycles. The van der Waals surface area contributed by atoms with E-state index < -0.39 is 0 Å². The number of nitrogens with zero attached hydrogens (tertiary/aromatic N) is 2. The minimum Gasteiger partial charge on any atom is -0.395 e. The maximum atomic E-state index is 11.5. The molecule has 0 bridgehead atoms. The lowest BCUT2D eigenvalue weighted by molar-refractivity contribution is -0.126. The van der Waals surface area contributed by atoms with Crippen LogP contribution in [-0.2, 0) is 4.79 Å². The van der Waals surface area contributed by atoms with Crippen LogP contribution in [0.2, 0.25) is 0 Å². The fourth-order valence-electron chi connectivity index (χ4n) is 2.43. The summed E-state index contributed by atoms with van der Waals surface area (Å²) in [7, 11) is 0. The normalized spacial score (nSPS) is 22.2. The smallest absolute Gasteiger partial charge is 0.238 e. The molecular weight excluding hydrogens is 232 g/mol. The Morgan fingerprint density at radius 3 is 2.67 bits per heavy atom. The van der Waals surface area contributed by atoms with Crippen LogP contribution in [0.15, 0.2) is 0 Å². The number of rotatable bonds is 5. The minimum absolute atomic E-state index is 0.112. The van der Waals surface area contributed by atoms with Gasteiger partial charge in [-0.05, 0) is 26.4 Å². The number of carbonyl (C=O) groups is 1. The molecule has 18 heavy (non-hydrogen) atoms. The second kappa shape index (κ2) is 7.68. The van der Waals surface area contributed by atoms with E-state index in [-0.39, 0.29) is 24.5 Å². The van der Waals surface area contributed by atoms with Crippen LogP contribution in [0.1, 0.15) is 20.3 Å². The van der Waals surface area contributed by atoms with Crippen molar-refractivity contribution in [3.8, 4) is 0 Å². The summed E-state index contributed by atoms with van der Waals surface area (Å²) >= 11 is 0. The highest BCUT2D eigenvalue weighted by Crippen LogP contribution is 2.14. The number of aliphatic hydroxyl groups excluding tert-OH is 1. The molecule has 0 radical (unpaired) electrons. The summed E-state index contributed by atoms with van der Waals surface area (Å²) in [5.74, 6) is 4.95. The zero-order valence-corrected chi connectivity index (χ0v) is 11.4. The van der Waals surface area contributed by atoms with Crippen LogP contribution in [0.3, 0.4) is 0 Å². The van der Waals surface area contributed by atoms with Gasteiger partial charge in [0.1, 0.15) is 0 Å². The highest BCUT2D eigenvalue weighted by molar-refractivity contribution is 5.78. The van der Waals surface area contributed by atoms with Crippen molar-refractivity contribution in [2.45, 2.75) is 26.3 Å². The Labute approximate surface area is 109 Å². The predicted octanol–water partition coefficient (Wildman–Crippen LogP) is -0.999. The van der Waals surface area contributed by atoms with E-state index in [1.165, 1.54) is 0 Å². The molecule has 1 aliphatic heterocycles. The highest BCUT2D eigenvalue weighted by atomic mass is 16.3. The quantitative estimate of drug-likeness (QED) is 0.335. The second-order valence-corrected chi connectivity index (χ2v) is 4.99. The number of nitrogens with one attached hydrogen (secondary N) is 1. The van der Waals surface area contributed by atoms with Crippen molar-refractivity contribution in [1.82, 2.24) is 15.2 Å². The number of nitrogens with two attached hydrogens (primary N) is 1.